The molecule has 162 valence electrons. The van der Waals surface area contributed by atoms with E-state index < -0.39 is 28.3 Å². The Hall–Kier alpha value is -3.06. The van der Waals surface area contributed by atoms with Gasteiger partial charge in [0.1, 0.15) is 6.07 Å². The largest absolute Gasteiger partial charge is 0.493 e. The van der Waals surface area contributed by atoms with Gasteiger partial charge in [-0.25, -0.2) is 13.2 Å². The number of esters is 1. The standard InChI is InChI=1S/C20H24N2O7S/c1-3-22(16-8-11-30(25,26)14-16)19(23)13-29-20(24)7-5-15-4-6-17(28-10-9-21)18(12-15)27-2/h4-7,12,16H,3,8,10-11,13-14H2,1-2H3. The van der Waals surface area contributed by atoms with Crippen molar-refractivity contribution in [3.8, 4) is 17.6 Å². The summed E-state index contributed by atoms with van der Waals surface area (Å²) in [6.45, 7) is 1.51. The van der Waals surface area contributed by atoms with E-state index in [1.807, 2.05) is 6.07 Å². The molecule has 10 heteroatoms. The van der Waals surface area contributed by atoms with Crippen molar-refractivity contribution in [2.45, 2.75) is 19.4 Å². The zero-order valence-corrected chi connectivity index (χ0v) is 17.7. The van der Waals surface area contributed by atoms with Crippen LogP contribution in [0.3, 0.4) is 0 Å². The molecule has 1 aromatic carbocycles. The van der Waals surface area contributed by atoms with E-state index >= 15 is 0 Å². The summed E-state index contributed by atoms with van der Waals surface area (Å²) in [4.78, 5) is 25.7. The summed E-state index contributed by atoms with van der Waals surface area (Å²) in [5, 5.41) is 8.58. The molecule has 0 saturated carbocycles. The number of amides is 1. The van der Waals surface area contributed by atoms with Gasteiger partial charge in [-0.1, -0.05) is 6.07 Å². The van der Waals surface area contributed by atoms with Gasteiger partial charge in [-0.2, -0.15) is 5.26 Å². The Labute approximate surface area is 175 Å². The molecule has 0 aromatic heterocycles. The highest BCUT2D eigenvalue weighted by Crippen LogP contribution is 2.28. The van der Waals surface area contributed by atoms with Crippen LogP contribution in [0.15, 0.2) is 24.3 Å². The van der Waals surface area contributed by atoms with E-state index in [2.05, 4.69) is 0 Å². The van der Waals surface area contributed by atoms with Crippen molar-refractivity contribution in [3.05, 3.63) is 29.8 Å². The first kappa shape index (κ1) is 23.2. The van der Waals surface area contributed by atoms with E-state index in [0.717, 1.165) is 0 Å². The van der Waals surface area contributed by atoms with Crippen LogP contribution >= 0.6 is 0 Å². The maximum Gasteiger partial charge on any atom is 0.331 e. The van der Waals surface area contributed by atoms with Gasteiger partial charge in [-0.3, -0.25) is 4.79 Å². The average Bonchev–Trinajstić information content (AvgIpc) is 3.09. The van der Waals surface area contributed by atoms with Gasteiger partial charge in [-0.05, 0) is 37.1 Å². The lowest BCUT2D eigenvalue weighted by Gasteiger charge is -2.26. The Morgan fingerprint density at radius 2 is 2.10 bits per heavy atom. The van der Waals surface area contributed by atoms with Crippen LogP contribution in [-0.4, -0.2) is 69.6 Å². The second-order valence-electron chi connectivity index (χ2n) is 6.53. The minimum Gasteiger partial charge on any atom is -0.493 e. The molecule has 2 rings (SSSR count). The van der Waals surface area contributed by atoms with Gasteiger partial charge in [-0.15, -0.1) is 0 Å². The van der Waals surface area contributed by atoms with Crippen molar-refractivity contribution in [2.75, 3.05) is 38.4 Å². The number of hydrogen-bond acceptors (Lipinski definition) is 8. The smallest absolute Gasteiger partial charge is 0.331 e. The van der Waals surface area contributed by atoms with Gasteiger partial charge in [0.05, 0.1) is 18.6 Å². The Morgan fingerprint density at radius 3 is 2.70 bits per heavy atom. The Morgan fingerprint density at radius 1 is 1.33 bits per heavy atom. The fraction of sp³-hybridized carbons (Fsp3) is 0.450. The third-order valence-corrected chi connectivity index (χ3v) is 6.29. The van der Waals surface area contributed by atoms with Crippen LogP contribution in [0.1, 0.15) is 18.9 Å². The van der Waals surface area contributed by atoms with Crippen molar-refractivity contribution >= 4 is 27.8 Å². The predicted octanol–water partition coefficient (Wildman–Crippen LogP) is 1.19. The first-order valence-corrected chi connectivity index (χ1v) is 11.1. The molecule has 1 saturated heterocycles. The van der Waals surface area contributed by atoms with E-state index in [1.54, 1.807) is 25.1 Å². The zero-order chi connectivity index (χ0) is 22.1. The minimum absolute atomic E-state index is 0.0592. The Bertz CT molecular complexity index is 950. The van der Waals surface area contributed by atoms with Gasteiger partial charge in [0, 0.05) is 18.7 Å². The number of sulfone groups is 1. The van der Waals surface area contributed by atoms with Crippen molar-refractivity contribution in [1.29, 1.82) is 5.26 Å². The van der Waals surface area contributed by atoms with Crippen LogP contribution in [0.2, 0.25) is 0 Å². The van der Waals surface area contributed by atoms with Crippen molar-refractivity contribution in [2.24, 2.45) is 0 Å². The number of ether oxygens (including phenoxy) is 3. The van der Waals surface area contributed by atoms with E-state index in [0.29, 0.717) is 30.0 Å². The van der Waals surface area contributed by atoms with Gasteiger partial charge >= 0.3 is 5.97 Å². The maximum atomic E-state index is 12.3. The molecule has 9 nitrogen and oxygen atoms in total. The van der Waals surface area contributed by atoms with Crippen molar-refractivity contribution < 1.29 is 32.2 Å². The molecule has 1 amide bonds. The van der Waals surface area contributed by atoms with E-state index in [1.165, 1.54) is 24.2 Å². The summed E-state index contributed by atoms with van der Waals surface area (Å²) >= 11 is 0. The highest BCUT2D eigenvalue weighted by atomic mass is 32.2. The summed E-state index contributed by atoms with van der Waals surface area (Å²) in [5.74, 6) is -0.326. The molecule has 0 N–H and O–H groups in total. The Kier molecular flexibility index (Phi) is 8.24. The number of methoxy groups -OCH3 is 1. The summed E-state index contributed by atoms with van der Waals surface area (Å²) in [6, 6.07) is 6.39. The lowest BCUT2D eigenvalue weighted by Crippen LogP contribution is -2.43. The number of nitriles is 1. The Balaban J connectivity index is 1.91. The molecular formula is C20H24N2O7S. The normalized spacial score (nSPS) is 17.3. The molecule has 1 unspecified atom stereocenters. The SMILES string of the molecule is CCN(C(=O)COC(=O)C=Cc1ccc(OCC#N)c(OC)c1)C1CCS(=O)(=O)C1. The lowest BCUT2D eigenvalue weighted by molar-refractivity contribution is -0.149. The topological polar surface area (TPSA) is 123 Å². The number of likely N-dealkylation sites (N-methyl/N-ethyl adjacent to an activating group) is 1. The summed E-state index contributed by atoms with van der Waals surface area (Å²) in [6.07, 6.45) is 3.06. The van der Waals surface area contributed by atoms with Gasteiger partial charge in [0.25, 0.3) is 5.91 Å². The van der Waals surface area contributed by atoms with Gasteiger partial charge < -0.3 is 19.1 Å². The second-order valence-corrected chi connectivity index (χ2v) is 8.76. The fourth-order valence-corrected chi connectivity index (χ4v) is 4.84. The molecule has 1 atom stereocenters. The summed E-state index contributed by atoms with van der Waals surface area (Å²) in [5.41, 5.74) is 0.630. The van der Waals surface area contributed by atoms with E-state index in [9.17, 15) is 18.0 Å². The number of rotatable bonds is 9. The van der Waals surface area contributed by atoms with Crippen LogP contribution < -0.4 is 9.47 Å². The average molecular weight is 436 g/mol. The second kappa shape index (κ2) is 10.6. The van der Waals surface area contributed by atoms with E-state index in [4.69, 9.17) is 19.5 Å². The lowest BCUT2D eigenvalue weighted by atomic mass is 10.2. The maximum absolute atomic E-state index is 12.3. The molecule has 0 bridgehead atoms. The first-order valence-electron chi connectivity index (χ1n) is 9.32. The van der Waals surface area contributed by atoms with Crippen LogP contribution in [0, 0.1) is 11.3 Å². The van der Waals surface area contributed by atoms with Crippen LogP contribution in [0.4, 0.5) is 0 Å². The van der Waals surface area contributed by atoms with Crippen LogP contribution in [0.25, 0.3) is 6.08 Å². The monoisotopic (exact) mass is 436 g/mol. The van der Waals surface area contributed by atoms with Gasteiger partial charge in [0.2, 0.25) is 0 Å². The van der Waals surface area contributed by atoms with Crippen LogP contribution in [-0.2, 0) is 24.2 Å². The molecule has 1 aliphatic heterocycles. The van der Waals surface area contributed by atoms with Crippen molar-refractivity contribution in [3.63, 3.8) is 0 Å². The first-order chi connectivity index (χ1) is 14.3. The van der Waals surface area contributed by atoms with Crippen LogP contribution in [0.5, 0.6) is 11.5 Å². The molecule has 0 aliphatic carbocycles. The number of nitrogens with zero attached hydrogens (tertiary/aromatic N) is 2. The molecule has 1 heterocycles. The molecular weight excluding hydrogens is 412 g/mol. The summed E-state index contributed by atoms with van der Waals surface area (Å²) < 4.78 is 38.7. The highest BCUT2D eigenvalue weighted by Gasteiger charge is 2.34. The minimum atomic E-state index is -3.12. The summed E-state index contributed by atoms with van der Waals surface area (Å²) in [7, 11) is -1.66. The van der Waals surface area contributed by atoms with E-state index in [-0.39, 0.29) is 24.2 Å². The molecule has 0 spiro atoms. The number of carbonyl (C=O) groups excluding carboxylic acids is 2. The fourth-order valence-electron chi connectivity index (χ4n) is 3.10. The molecule has 0 radical (unpaired) electrons. The third-order valence-electron chi connectivity index (χ3n) is 4.54. The van der Waals surface area contributed by atoms with Crippen molar-refractivity contribution in [1.82, 2.24) is 4.90 Å². The third kappa shape index (κ3) is 6.49. The quantitative estimate of drug-likeness (QED) is 0.418. The molecule has 1 aromatic rings. The molecule has 1 fully saturated rings. The number of carbonyl (C=O) groups is 2. The number of hydrogen-bond donors (Lipinski definition) is 0. The highest BCUT2D eigenvalue weighted by molar-refractivity contribution is 7.91. The molecule has 30 heavy (non-hydrogen) atoms. The van der Waals surface area contributed by atoms with Gasteiger partial charge in [0.15, 0.2) is 34.6 Å². The number of benzene rings is 1. The molecule has 1 aliphatic rings. The predicted molar refractivity (Wildman–Crippen MR) is 109 cm³/mol. The zero-order valence-electron chi connectivity index (χ0n) is 16.9.